The maximum Gasteiger partial charge on any atom is 0.435 e. The number of hydrogen-bond acceptors (Lipinski definition) is 3. The van der Waals surface area contributed by atoms with E-state index in [1.807, 2.05) is 0 Å². The van der Waals surface area contributed by atoms with Crippen LogP contribution in [0.25, 0.3) is 0 Å². The number of rotatable bonds is 3. The third-order valence-electron chi connectivity index (χ3n) is 1.93. The Morgan fingerprint density at radius 3 is 2.40 bits per heavy atom. The zero-order chi connectivity index (χ0) is 11.5. The molecule has 0 aliphatic carbocycles. The minimum atomic E-state index is -4.46. The molecule has 6 heteroatoms. The molecule has 1 atom stereocenters. The quantitative estimate of drug-likeness (QED) is 0.844. The van der Waals surface area contributed by atoms with Gasteiger partial charge < -0.3 is 5.11 Å². The number of hydrogen-bond donors (Lipinski definition) is 1. The fourth-order valence-electron chi connectivity index (χ4n) is 1.01. The summed E-state index contributed by atoms with van der Waals surface area (Å²) in [6.07, 6.45) is -4.30. The van der Waals surface area contributed by atoms with Crippen LogP contribution in [-0.4, -0.2) is 21.4 Å². The van der Waals surface area contributed by atoms with Gasteiger partial charge in [-0.3, -0.25) is 0 Å². The predicted molar refractivity (Wildman–Crippen MR) is 47.0 cm³/mol. The Balaban J connectivity index is 2.73. The molecule has 0 spiro atoms. The normalized spacial score (nSPS) is 13.9. The van der Waals surface area contributed by atoms with E-state index in [4.69, 9.17) is 0 Å². The van der Waals surface area contributed by atoms with Gasteiger partial charge in [-0.2, -0.15) is 18.3 Å². The first-order valence-corrected chi connectivity index (χ1v) is 4.51. The first kappa shape index (κ1) is 11.9. The number of halogens is 3. The summed E-state index contributed by atoms with van der Waals surface area (Å²) in [4.78, 5) is 0. The molecule has 1 N–H and O–H groups in total. The summed E-state index contributed by atoms with van der Waals surface area (Å²) < 4.78 is 36.3. The summed E-state index contributed by atoms with van der Waals surface area (Å²) in [5.74, 6) is 0. The number of aliphatic hydroxyl groups is 1. The minimum Gasteiger partial charge on any atom is -0.393 e. The SMILES string of the molecule is CCC(O)Cc1ccc(C(F)(F)F)nn1. The number of alkyl halides is 3. The highest BCUT2D eigenvalue weighted by atomic mass is 19.4. The summed E-state index contributed by atoms with van der Waals surface area (Å²) in [5.41, 5.74) is -0.658. The lowest BCUT2D eigenvalue weighted by Gasteiger charge is -2.07. The van der Waals surface area contributed by atoms with Crippen LogP contribution in [0.2, 0.25) is 0 Å². The molecule has 15 heavy (non-hydrogen) atoms. The van der Waals surface area contributed by atoms with Crippen LogP contribution in [0.1, 0.15) is 24.7 Å². The van der Waals surface area contributed by atoms with Crippen molar-refractivity contribution in [2.75, 3.05) is 0 Å². The Labute approximate surface area is 85.0 Å². The third kappa shape index (κ3) is 3.47. The van der Waals surface area contributed by atoms with Gasteiger partial charge in [0.1, 0.15) is 0 Å². The summed E-state index contributed by atoms with van der Waals surface area (Å²) >= 11 is 0. The third-order valence-corrected chi connectivity index (χ3v) is 1.93. The fourth-order valence-corrected chi connectivity index (χ4v) is 1.01. The van der Waals surface area contributed by atoms with Crippen molar-refractivity contribution >= 4 is 0 Å². The summed E-state index contributed by atoms with van der Waals surface area (Å²) in [7, 11) is 0. The van der Waals surface area contributed by atoms with Crippen LogP contribution in [0.4, 0.5) is 13.2 Å². The Bertz CT molecular complexity index is 310. The van der Waals surface area contributed by atoms with E-state index in [9.17, 15) is 18.3 Å². The van der Waals surface area contributed by atoms with Crippen molar-refractivity contribution < 1.29 is 18.3 Å². The molecular formula is C9H11F3N2O. The molecule has 0 amide bonds. The molecule has 0 aliphatic rings. The van der Waals surface area contributed by atoms with Gasteiger partial charge in [0.2, 0.25) is 0 Å². The second kappa shape index (κ2) is 4.57. The highest BCUT2D eigenvalue weighted by Crippen LogP contribution is 2.26. The van der Waals surface area contributed by atoms with Crippen molar-refractivity contribution in [2.45, 2.75) is 32.0 Å². The van der Waals surface area contributed by atoms with E-state index >= 15 is 0 Å². The van der Waals surface area contributed by atoms with Gasteiger partial charge in [0.05, 0.1) is 11.8 Å². The van der Waals surface area contributed by atoms with E-state index in [1.165, 1.54) is 6.07 Å². The van der Waals surface area contributed by atoms with Crippen LogP contribution in [-0.2, 0) is 12.6 Å². The Morgan fingerprint density at radius 1 is 1.33 bits per heavy atom. The van der Waals surface area contributed by atoms with Crippen LogP contribution in [0.3, 0.4) is 0 Å². The van der Waals surface area contributed by atoms with Gasteiger partial charge in [-0.05, 0) is 18.6 Å². The Kier molecular flexibility index (Phi) is 3.62. The van der Waals surface area contributed by atoms with Gasteiger partial charge in [0.15, 0.2) is 5.69 Å². The average Bonchev–Trinajstić information content (AvgIpc) is 2.17. The van der Waals surface area contributed by atoms with Crippen molar-refractivity contribution in [3.8, 4) is 0 Å². The van der Waals surface area contributed by atoms with Crippen molar-refractivity contribution in [1.29, 1.82) is 0 Å². The van der Waals surface area contributed by atoms with Crippen molar-refractivity contribution in [3.63, 3.8) is 0 Å². The van der Waals surface area contributed by atoms with Gasteiger partial charge in [-0.25, -0.2) is 0 Å². The molecular weight excluding hydrogens is 209 g/mol. The van der Waals surface area contributed by atoms with Crippen molar-refractivity contribution in [3.05, 3.63) is 23.5 Å². The minimum absolute atomic E-state index is 0.224. The van der Waals surface area contributed by atoms with Crippen LogP contribution in [0.15, 0.2) is 12.1 Å². The molecule has 0 saturated carbocycles. The van der Waals surface area contributed by atoms with E-state index in [-0.39, 0.29) is 6.42 Å². The van der Waals surface area contributed by atoms with Gasteiger partial charge in [0, 0.05) is 6.42 Å². The lowest BCUT2D eigenvalue weighted by molar-refractivity contribution is -0.141. The van der Waals surface area contributed by atoms with E-state index in [1.54, 1.807) is 6.92 Å². The molecule has 0 radical (unpaired) electrons. The molecule has 0 aromatic carbocycles. The molecule has 1 rings (SSSR count). The summed E-state index contributed by atoms with van der Waals surface area (Å²) in [6, 6.07) is 2.10. The largest absolute Gasteiger partial charge is 0.435 e. The van der Waals surface area contributed by atoms with Crippen molar-refractivity contribution in [1.82, 2.24) is 10.2 Å². The standard InChI is InChI=1S/C9H11F3N2O/c1-2-7(15)5-6-3-4-8(14-13-6)9(10,11)12/h3-4,7,15H,2,5H2,1H3. The lowest BCUT2D eigenvalue weighted by Crippen LogP contribution is -2.13. The molecule has 1 aromatic heterocycles. The molecule has 1 unspecified atom stereocenters. The number of aliphatic hydroxyl groups excluding tert-OH is 1. The van der Waals surface area contributed by atoms with Crippen LogP contribution >= 0.6 is 0 Å². The van der Waals surface area contributed by atoms with Crippen LogP contribution < -0.4 is 0 Å². The van der Waals surface area contributed by atoms with Crippen LogP contribution in [0, 0.1) is 0 Å². The Hall–Kier alpha value is -1.17. The van der Waals surface area contributed by atoms with E-state index in [0.29, 0.717) is 12.1 Å². The predicted octanol–water partition coefficient (Wildman–Crippen LogP) is 1.81. The molecule has 84 valence electrons. The summed E-state index contributed by atoms with van der Waals surface area (Å²) in [6.45, 7) is 1.78. The smallest absolute Gasteiger partial charge is 0.393 e. The molecule has 0 aliphatic heterocycles. The van der Waals surface area contributed by atoms with E-state index in [0.717, 1.165) is 6.07 Å². The zero-order valence-electron chi connectivity index (χ0n) is 8.12. The van der Waals surface area contributed by atoms with E-state index < -0.39 is 18.0 Å². The van der Waals surface area contributed by atoms with Gasteiger partial charge >= 0.3 is 6.18 Å². The van der Waals surface area contributed by atoms with Gasteiger partial charge in [-0.15, -0.1) is 5.10 Å². The molecule has 1 aromatic rings. The van der Waals surface area contributed by atoms with Crippen molar-refractivity contribution in [2.24, 2.45) is 0 Å². The second-order valence-corrected chi connectivity index (χ2v) is 3.17. The first-order chi connectivity index (χ1) is 6.93. The fraction of sp³-hybridized carbons (Fsp3) is 0.556. The monoisotopic (exact) mass is 220 g/mol. The first-order valence-electron chi connectivity index (χ1n) is 4.51. The Morgan fingerprint density at radius 2 is 2.00 bits per heavy atom. The zero-order valence-corrected chi connectivity index (χ0v) is 8.12. The maximum atomic E-state index is 12.1. The average molecular weight is 220 g/mol. The van der Waals surface area contributed by atoms with Crippen LogP contribution in [0.5, 0.6) is 0 Å². The molecule has 1 heterocycles. The van der Waals surface area contributed by atoms with Gasteiger partial charge in [-0.1, -0.05) is 6.92 Å². The van der Waals surface area contributed by atoms with E-state index in [2.05, 4.69) is 10.2 Å². The highest BCUT2D eigenvalue weighted by molar-refractivity contribution is 5.10. The highest BCUT2D eigenvalue weighted by Gasteiger charge is 2.32. The second-order valence-electron chi connectivity index (χ2n) is 3.17. The number of nitrogens with zero attached hydrogens (tertiary/aromatic N) is 2. The lowest BCUT2D eigenvalue weighted by atomic mass is 10.1. The molecule has 0 saturated heterocycles. The summed E-state index contributed by atoms with van der Waals surface area (Å²) in [5, 5.41) is 15.7. The topological polar surface area (TPSA) is 46.0 Å². The van der Waals surface area contributed by atoms with Gasteiger partial charge in [0.25, 0.3) is 0 Å². The number of aromatic nitrogens is 2. The maximum absolute atomic E-state index is 12.1. The molecule has 0 bridgehead atoms. The molecule has 0 fully saturated rings. The molecule has 3 nitrogen and oxygen atoms in total.